The third-order valence-electron chi connectivity index (χ3n) is 4.59. The normalized spacial score (nSPS) is 10.8. The Morgan fingerprint density at radius 2 is 1.53 bits per heavy atom. The summed E-state index contributed by atoms with van der Waals surface area (Å²) in [4.78, 5) is 24.8. The van der Waals surface area contributed by atoms with E-state index in [9.17, 15) is 18.0 Å². The summed E-state index contributed by atoms with van der Waals surface area (Å²) < 4.78 is 31.9. The molecule has 0 bridgehead atoms. The van der Waals surface area contributed by atoms with Crippen LogP contribution in [0.2, 0.25) is 5.02 Å². The number of carbonyl (C=O) groups excluding carboxylic acids is 2. The highest BCUT2D eigenvalue weighted by Gasteiger charge is 2.21. The highest BCUT2D eigenvalue weighted by atomic mass is 35.5. The fraction of sp³-hybridized carbons (Fsp3) is 0.0909. The zero-order valence-corrected chi connectivity index (χ0v) is 18.8. The number of hydrogen-bond acceptors (Lipinski definition) is 5. The predicted molar refractivity (Wildman–Crippen MR) is 121 cm³/mol. The van der Waals surface area contributed by atoms with Crippen molar-refractivity contribution in [2.75, 3.05) is 18.5 Å². The number of anilines is 1. The second kappa shape index (κ2) is 9.71. The zero-order chi connectivity index (χ0) is 23.3. The Kier molecular flexibility index (Phi) is 7.01. The monoisotopic (exact) mass is 473 g/mol. The third-order valence-corrected chi connectivity index (χ3v) is 6.63. The van der Waals surface area contributed by atoms with E-state index in [1.165, 1.54) is 50.6 Å². The summed E-state index contributed by atoms with van der Waals surface area (Å²) >= 11 is 5.91. The number of rotatable bonds is 6. The molecule has 0 saturated heterocycles. The molecular formula is C22H20ClN3O5S. The van der Waals surface area contributed by atoms with E-state index in [0.717, 1.165) is 4.31 Å². The van der Waals surface area contributed by atoms with Gasteiger partial charge < -0.3 is 4.74 Å². The first-order valence-corrected chi connectivity index (χ1v) is 11.1. The Bertz CT molecular complexity index is 1230. The molecule has 0 spiro atoms. The van der Waals surface area contributed by atoms with Crippen molar-refractivity contribution in [2.24, 2.45) is 0 Å². The first kappa shape index (κ1) is 23.1. The number of hydrogen-bond donors (Lipinski definition) is 2. The summed E-state index contributed by atoms with van der Waals surface area (Å²) in [7, 11) is -0.947. The lowest BCUT2D eigenvalue weighted by molar-refractivity contribution is 0.0845. The van der Waals surface area contributed by atoms with Crippen LogP contribution in [0.4, 0.5) is 5.69 Å². The van der Waals surface area contributed by atoms with E-state index < -0.39 is 21.8 Å². The fourth-order valence-electron chi connectivity index (χ4n) is 2.82. The summed E-state index contributed by atoms with van der Waals surface area (Å²) in [6.07, 6.45) is 0. The number of halogens is 1. The number of nitrogens with one attached hydrogen (secondary N) is 2. The molecule has 0 unspecified atom stereocenters. The molecule has 0 aromatic heterocycles. The van der Waals surface area contributed by atoms with E-state index in [1.54, 1.807) is 36.4 Å². The Hall–Kier alpha value is -3.56. The minimum atomic E-state index is -3.80. The van der Waals surface area contributed by atoms with Crippen LogP contribution in [0.5, 0.6) is 5.75 Å². The van der Waals surface area contributed by atoms with Gasteiger partial charge in [0.25, 0.3) is 21.8 Å². The van der Waals surface area contributed by atoms with Crippen LogP contribution in [-0.2, 0) is 10.0 Å². The quantitative estimate of drug-likeness (QED) is 0.535. The molecule has 32 heavy (non-hydrogen) atoms. The van der Waals surface area contributed by atoms with Gasteiger partial charge in [0.05, 0.1) is 23.3 Å². The number of ether oxygens (including phenoxy) is 1. The summed E-state index contributed by atoms with van der Waals surface area (Å²) in [5, 5.41) is 0.333. The molecule has 0 atom stereocenters. The standard InChI is InChI=1S/C22H20ClN3O5S/c1-26(17-6-4-3-5-7-17)32(29,30)18-11-8-15(9-12-18)21(27)24-25-22(28)19-14-16(23)10-13-20(19)31-2/h3-14H,1-2H3,(H,24,27)(H,25,28). The predicted octanol–water partition coefficient (Wildman–Crippen LogP) is 3.25. The van der Waals surface area contributed by atoms with Crippen molar-refractivity contribution in [3.8, 4) is 5.75 Å². The lowest BCUT2D eigenvalue weighted by Crippen LogP contribution is -2.41. The molecule has 3 aromatic carbocycles. The van der Waals surface area contributed by atoms with Crippen LogP contribution in [0.1, 0.15) is 20.7 Å². The lowest BCUT2D eigenvalue weighted by Gasteiger charge is -2.19. The van der Waals surface area contributed by atoms with Gasteiger partial charge in [0.1, 0.15) is 5.75 Å². The molecule has 3 rings (SSSR count). The second-order valence-electron chi connectivity index (χ2n) is 6.59. The van der Waals surface area contributed by atoms with Gasteiger partial charge in [0.15, 0.2) is 0 Å². The largest absolute Gasteiger partial charge is 0.496 e. The summed E-state index contributed by atoms with van der Waals surface area (Å²) in [6, 6.07) is 18.5. The third kappa shape index (κ3) is 5.01. The van der Waals surface area contributed by atoms with E-state index >= 15 is 0 Å². The number of benzene rings is 3. The molecule has 0 aliphatic carbocycles. The summed E-state index contributed by atoms with van der Waals surface area (Å²) in [5.74, 6) is -0.959. The second-order valence-corrected chi connectivity index (χ2v) is 8.99. The molecule has 3 aromatic rings. The summed E-state index contributed by atoms with van der Waals surface area (Å²) in [6.45, 7) is 0. The van der Waals surface area contributed by atoms with Crippen molar-refractivity contribution >= 4 is 39.1 Å². The van der Waals surface area contributed by atoms with Gasteiger partial charge >= 0.3 is 0 Å². The van der Waals surface area contributed by atoms with Crippen molar-refractivity contribution in [1.82, 2.24) is 10.9 Å². The van der Waals surface area contributed by atoms with Crippen LogP contribution in [0.3, 0.4) is 0 Å². The molecule has 0 heterocycles. The average Bonchev–Trinajstić information content (AvgIpc) is 2.82. The molecule has 10 heteroatoms. The van der Waals surface area contributed by atoms with Crippen LogP contribution in [0.15, 0.2) is 77.7 Å². The van der Waals surface area contributed by atoms with Gasteiger partial charge in [-0.25, -0.2) is 8.42 Å². The number of amides is 2. The van der Waals surface area contributed by atoms with Crippen molar-refractivity contribution in [1.29, 1.82) is 0 Å². The molecular weight excluding hydrogens is 454 g/mol. The van der Waals surface area contributed by atoms with Crippen molar-refractivity contribution in [2.45, 2.75) is 4.90 Å². The lowest BCUT2D eigenvalue weighted by atomic mass is 10.2. The minimum Gasteiger partial charge on any atom is -0.496 e. The molecule has 0 fully saturated rings. The van der Waals surface area contributed by atoms with E-state index in [1.807, 2.05) is 0 Å². The molecule has 0 aliphatic rings. The van der Waals surface area contributed by atoms with Crippen LogP contribution < -0.4 is 19.9 Å². The molecule has 0 saturated carbocycles. The molecule has 2 N–H and O–H groups in total. The van der Waals surface area contributed by atoms with E-state index in [0.29, 0.717) is 16.5 Å². The highest BCUT2D eigenvalue weighted by Crippen LogP contribution is 2.23. The molecule has 0 aliphatic heterocycles. The highest BCUT2D eigenvalue weighted by molar-refractivity contribution is 7.92. The number of para-hydroxylation sites is 1. The number of sulfonamides is 1. The maximum absolute atomic E-state index is 12.8. The number of nitrogens with zero attached hydrogens (tertiary/aromatic N) is 1. The van der Waals surface area contributed by atoms with Crippen LogP contribution in [0.25, 0.3) is 0 Å². The van der Waals surface area contributed by atoms with E-state index in [4.69, 9.17) is 16.3 Å². The average molecular weight is 474 g/mol. The first-order valence-electron chi connectivity index (χ1n) is 9.32. The number of carbonyl (C=O) groups is 2. The van der Waals surface area contributed by atoms with Crippen molar-refractivity contribution < 1.29 is 22.7 Å². The van der Waals surface area contributed by atoms with Gasteiger partial charge in [-0.2, -0.15) is 0 Å². The first-order chi connectivity index (χ1) is 15.2. The van der Waals surface area contributed by atoms with Gasteiger partial charge in [-0.05, 0) is 54.6 Å². The topological polar surface area (TPSA) is 105 Å². The minimum absolute atomic E-state index is 0.0214. The zero-order valence-electron chi connectivity index (χ0n) is 17.2. The van der Waals surface area contributed by atoms with E-state index in [2.05, 4.69) is 10.9 Å². The Morgan fingerprint density at radius 3 is 2.16 bits per heavy atom. The van der Waals surface area contributed by atoms with Gasteiger partial charge in [-0.15, -0.1) is 0 Å². The van der Waals surface area contributed by atoms with Gasteiger partial charge in [-0.1, -0.05) is 29.8 Å². The van der Waals surface area contributed by atoms with E-state index in [-0.39, 0.29) is 16.0 Å². The number of hydrazine groups is 1. The van der Waals surface area contributed by atoms with Gasteiger partial charge in [-0.3, -0.25) is 24.7 Å². The van der Waals surface area contributed by atoms with Gasteiger partial charge in [0.2, 0.25) is 0 Å². The van der Waals surface area contributed by atoms with Crippen LogP contribution >= 0.6 is 11.6 Å². The Balaban J connectivity index is 1.69. The summed E-state index contributed by atoms with van der Waals surface area (Å²) in [5.41, 5.74) is 5.37. The van der Waals surface area contributed by atoms with Gasteiger partial charge in [0, 0.05) is 17.6 Å². The molecule has 8 nitrogen and oxygen atoms in total. The maximum Gasteiger partial charge on any atom is 0.273 e. The Morgan fingerprint density at radius 1 is 0.906 bits per heavy atom. The van der Waals surface area contributed by atoms with Crippen LogP contribution in [-0.4, -0.2) is 34.4 Å². The molecule has 166 valence electrons. The van der Waals surface area contributed by atoms with Crippen molar-refractivity contribution in [3.05, 3.63) is 88.9 Å². The SMILES string of the molecule is COc1ccc(Cl)cc1C(=O)NNC(=O)c1ccc(S(=O)(=O)N(C)c2ccccc2)cc1. The molecule has 2 amide bonds. The Labute approximate surface area is 190 Å². The van der Waals surface area contributed by atoms with Crippen molar-refractivity contribution in [3.63, 3.8) is 0 Å². The fourth-order valence-corrected chi connectivity index (χ4v) is 4.19. The van der Waals surface area contributed by atoms with Crippen LogP contribution in [0, 0.1) is 0 Å². The smallest absolute Gasteiger partial charge is 0.273 e. The number of methoxy groups -OCH3 is 1. The maximum atomic E-state index is 12.8. The molecule has 0 radical (unpaired) electrons.